The molecule has 1 unspecified atom stereocenters. The van der Waals surface area contributed by atoms with E-state index in [9.17, 15) is 4.79 Å². The Bertz CT molecular complexity index is 695. The Hall–Kier alpha value is -1.03. The van der Waals surface area contributed by atoms with Crippen LogP contribution in [0, 0.1) is 5.92 Å². The van der Waals surface area contributed by atoms with Crippen LogP contribution in [0.4, 0.5) is 0 Å². The van der Waals surface area contributed by atoms with Gasteiger partial charge in [0.1, 0.15) is 0 Å². The lowest BCUT2D eigenvalue weighted by Gasteiger charge is -2.24. The highest BCUT2D eigenvalue weighted by molar-refractivity contribution is 9.09. The molecule has 1 aromatic heterocycles. The average molecular weight is 351 g/mol. The van der Waals surface area contributed by atoms with Gasteiger partial charge in [-0.25, -0.2) is 4.79 Å². The lowest BCUT2D eigenvalue weighted by molar-refractivity contribution is 0.338. The molecule has 2 aromatic rings. The maximum Gasteiger partial charge on any atom is 0.328 e. The molecule has 1 fully saturated rings. The molecular weight excluding hydrogens is 328 g/mol. The van der Waals surface area contributed by atoms with E-state index in [1.165, 1.54) is 44.1 Å². The largest absolute Gasteiger partial charge is 0.328 e. The molecule has 1 aliphatic rings. The number of benzene rings is 1. The van der Waals surface area contributed by atoms with Gasteiger partial charge in [-0.05, 0) is 30.0 Å². The summed E-state index contributed by atoms with van der Waals surface area (Å²) in [6, 6.07) is 6.39. The number of imidazole rings is 1. The molecule has 114 valence electrons. The van der Waals surface area contributed by atoms with Crippen molar-refractivity contribution >= 4 is 27.0 Å². The molecule has 0 radical (unpaired) electrons. The normalized spacial score (nSPS) is 18.2. The zero-order valence-corrected chi connectivity index (χ0v) is 14.4. The predicted octanol–water partition coefficient (Wildman–Crippen LogP) is 4.28. The second-order valence-electron chi connectivity index (χ2n) is 6.36. The predicted molar refractivity (Wildman–Crippen MR) is 91.0 cm³/mol. The summed E-state index contributed by atoms with van der Waals surface area (Å²) in [5, 5.41) is 0. The number of halogens is 1. The Morgan fingerprint density at radius 2 is 1.81 bits per heavy atom. The summed E-state index contributed by atoms with van der Waals surface area (Å²) in [6.07, 6.45) is 8.11. The lowest BCUT2D eigenvalue weighted by atomic mass is 9.85. The van der Waals surface area contributed by atoms with E-state index in [0.717, 1.165) is 17.0 Å². The molecule has 0 bridgehead atoms. The molecule has 1 aliphatic carbocycles. The second-order valence-corrected chi connectivity index (χ2v) is 7.46. The Morgan fingerprint density at radius 1 is 1.14 bits per heavy atom. The number of aryl methyl sites for hydroxylation is 2. The van der Waals surface area contributed by atoms with Gasteiger partial charge in [0.2, 0.25) is 0 Å². The van der Waals surface area contributed by atoms with Gasteiger partial charge in [-0.2, -0.15) is 0 Å². The fourth-order valence-electron chi connectivity index (χ4n) is 3.57. The zero-order valence-electron chi connectivity index (χ0n) is 12.8. The molecule has 0 saturated heterocycles. The van der Waals surface area contributed by atoms with Gasteiger partial charge < -0.3 is 0 Å². The Morgan fingerprint density at radius 3 is 2.52 bits per heavy atom. The summed E-state index contributed by atoms with van der Waals surface area (Å²) in [5.41, 5.74) is 3.35. The molecule has 3 rings (SSSR count). The fourth-order valence-corrected chi connectivity index (χ4v) is 4.38. The molecule has 1 heterocycles. The Kier molecular flexibility index (Phi) is 4.25. The average Bonchev–Trinajstić information content (AvgIpc) is 2.73. The molecule has 0 N–H and O–H groups in total. The van der Waals surface area contributed by atoms with E-state index < -0.39 is 0 Å². The number of nitrogens with zero attached hydrogens (tertiary/aromatic N) is 2. The maximum absolute atomic E-state index is 12.0. The van der Waals surface area contributed by atoms with Gasteiger partial charge in [0.05, 0.1) is 11.0 Å². The molecule has 1 saturated carbocycles. The Labute approximate surface area is 134 Å². The number of alkyl halides is 1. The van der Waals surface area contributed by atoms with Crippen molar-refractivity contribution in [2.24, 2.45) is 20.0 Å². The molecule has 3 nitrogen and oxygen atoms in total. The van der Waals surface area contributed by atoms with Crippen molar-refractivity contribution in [2.75, 3.05) is 0 Å². The van der Waals surface area contributed by atoms with Gasteiger partial charge in [0.15, 0.2) is 0 Å². The topological polar surface area (TPSA) is 26.9 Å². The minimum atomic E-state index is 0.0422. The summed E-state index contributed by atoms with van der Waals surface area (Å²) < 4.78 is 3.45. The van der Waals surface area contributed by atoms with Crippen molar-refractivity contribution < 1.29 is 0 Å². The van der Waals surface area contributed by atoms with E-state index in [-0.39, 0.29) is 5.69 Å². The first-order chi connectivity index (χ1) is 10.1. The first-order valence-electron chi connectivity index (χ1n) is 7.87. The molecular formula is C17H23BrN2O. The third-order valence-corrected chi connectivity index (χ3v) is 5.83. The van der Waals surface area contributed by atoms with E-state index in [2.05, 4.69) is 34.1 Å². The first-order valence-corrected chi connectivity index (χ1v) is 8.79. The fraction of sp³-hybridized carbons (Fsp3) is 0.588. The van der Waals surface area contributed by atoms with Gasteiger partial charge in [-0.15, -0.1) is 0 Å². The van der Waals surface area contributed by atoms with Crippen LogP contribution in [-0.4, -0.2) is 9.13 Å². The van der Waals surface area contributed by atoms with Crippen LogP contribution in [0.2, 0.25) is 0 Å². The van der Waals surface area contributed by atoms with Crippen molar-refractivity contribution in [1.82, 2.24) is 9.13 Å². The van der Waals surface area contributed by atoms with E-state index in [0.29, 0.717) is 4.83 Å². The molecule has 21 heavy (non-hydrogen) atoms. The zero-order chi connectivity index (χ0) is 15.0. The highest BCUT2D eigenvalue weighted by Gasteiger charge is 2.19. The van der Waals surface area contributed by atoms with Crippen molar-refractivity contribution in [2.45, 2.75) is 43.4 Å². The highest BCUT2D eigenvalue weighted by Crippen LogP contribution is 2.36. The van der Waals surface area contributed by atoms with E-state index in [1.54, 1.807) is 9.13 Å². The minimum absolute atomic E-state index is 0.0422. The summed E-state index contributed by atoms with van der Waals surface area (Å²) in [5.74, 6) is 0.846. The van der Waals surface area contributed by atoms with Crippen LogP contribution in [0.5, 0.6) is 0 Å². The van der Waals surface area contributed by atoms with Crippen LogP contribution < -0.4 is 5.69 Å². The summed E-state index contributed by atoms with van der Waals surface area (Å²) >= 11 is 3.86. The standard InChI is InChI=1S/C17H23BrN2O/c1-19-15-9-8-13(11-16(15)20(2)17(19)21)14(18)10-12-6-4-3-5-7-12/h8-9,11-12,14H,3-7,10H2,1-2H3. The van der Waals surface area contributed by atoms with Crippen LogP contribution in [0.15, 0.2) is 23.0 Å². The van der Waals surface area contributed by atoms with Crippen LogP contribution >= 0.6 is 15.9 Å². The number of hydrogen-bond donors (Lipinski definition) is 0. The molecule has 1 atom stereocenters. The van der Waals surface area contributed by atoms with Gasteiger partial charge >= 0.3 is 5.69 Å². The summed E-state index contributed by atoms with van der Waals surface area (Å²) in [7, 11) is 3.68. The number of aromatic nitrogens is 2. The quantitative estimate of drug-likeness (QED) is 0.758. The van der Waals surface area contributed by atoms with Crippen LogP contribution in [0.3, 0.4) is 0 Å². The smallest absolute Gasteiger partial charge is 0.295 e. The molecule has 0 spiro atoms. The number of fused-ring (bicyclic) bond motifs is 1. The van der Waals surface area contributed by atoms with Crippen LogP contribution in [0.25, 0.3) is 11.0 Å². The third-order valence-electron chi connectivity index (χ3n) is 4.92. The monoisotopic (exact) mass is 350 g/mol. The second kappa shape index (κ2) is 5.99. The van der Waals surface area contributed by atoms with Gasteiger partial charge in [-0.1, -0.05) is 54.1 Å². The summed E-state index contributed by atoms with van der Waals surface area (Å²) in [6.45, 7) is 0. The van der Waals surface area contributed by atoms with E-state index in [1.807, 2.05) is 14.1 Å². The first kappa shape index (κ1) is 14.9. The van der Waals surface area contributed by atoms with Crippen molar-refractivity contribution in [3.8, 4) is 0 Å². The van der Waals surface area contributed by atoms with Crippen molar-refractivity contribution in [3.63, 3.8) is 0 Å². The lowest BCUT2D eigenvalue weighted by Crippen LogP contribution is -2.19. The number of rotatable bonds is 3. The molecule has 4 heteroatoms. The third kappa shape index (κ3) is 2.83. The van der Waals surface area contributed by atoms with Gasteiger partial charge in [-0.3, -0.25) is 9.13 Å². The van der Waals surface area contributed by atoms with E-state index in [4.69, 9.17) is 0 Å². The highest BCUT2D eigenvalue weighted by atomic mass is 79.9. The minimum Gasteiger partial charge on any atom is -0.295 e. The molecule has 1 aromatic carbocycles. The maximum atomic E-state index is 12.0. The number of hydrogen-bond acceptors (Lipinski definition) is 1. The SMILES string of the molecule is Cn1c(=O)n(C)c2cc(C(Br)CC3CCCCC3)ccc21. The summed E-state index contributed by atoms with van der Waals surface area (Å²) in [4.78, 5) is 12.4. The molecule has 0 aliphatic heterocycles. The van der Waals surface area contributed by atoms with E-state index >= 15 is 0 Å². The van der Waals surface area contributed by atoms with Gasteiger partial charge in [0.25, 0.3) is 0 Å². The Balaban J connectivity index is 1.86. The molecule has 0 amide bonds. The van der Waals surface area contributed by atoms with Crippen molar-refractivity contribution in [1.29, 1.82) is 0 Å². The van der Waals surface area contributed by atoms with Crippen LogP contribution in [0.1, 0.15) is 48.9 Å². The van der Waals surface area contributed by atoms with Crippen LogP contribution in [-0.2, 0) is 14.1 Å². The van der Waals surface area contributed by atoms with Crippen molar-refractivity contribution in [3.05, 3.63) is 34.2 Å². The van der Waals surface area contributed by atoms with Gasteiger partial charge in [0, 0.05) is 18.9 Å².